The molecule has 17 heteroatoms. The summed E-state index contributed by atoms with van der Waals surface area (Å²) in [5, 5.41) is 25.5. The molecule has 78 heavy (non-hydrogen) atoms. The highest BCUT2D eigenvalue weighted by atomic mass is 32.1. The number of hydrogen-bond acceptors (Lipinski definition) is 15. The number of benzene rings is 3. The number of aryl methyl sites for hydroxylation is 1. The minimum absolute atomic E-state index is 0.00249. The Hall–Kier alpha value is -6.69. The lowest BCUT2D eigenvalue weighted by atomic mass is 9.79. The van der Waals surface area contributed by atoms with Gasteiger partial charge in [0.1, 0.15) is 29.6 Å². The van der Waals surface area contributed by atoms with Crippen molar-refractivity contribution in [3.05, 3.63) is 101 Å². The number of likely N-dealkylation sites (tertiary alicyclic amines) is 2. The van der Waals surface area contributed by atoms with Crippen molar-refractivity contribution in [2.45, 2.75) is 128 Å². The van der Waals surface area contributed by atoms with Crippen LogP contribution in [0, 0.1) is 18.8 Å². The third-order valence-electron chi connectivity index (χ3n) is 18.0. The van der Waals surface area contributed by atoms with E-state index in [0.29, 0.717) is 42.7 Å². The Bertz CT molecular complexity index is 3370. The van der Waals surface area contributed by atoms with E-state index in [1.807, 2.05) is 57.6 Å². The number of aromatic hydroxyl groups is 1. The fourth-order valence-electron chi connectivity index (χ4n) is 13.9. The lowest BCUT2D eigenvalue weighted by Gasteiger charge is -2.37. The first-order chi connectivity index (χ1) is 37.9. The van der Waals surface area contributed by atoms with Crippen LogP contribution in [0.25, 0.3) is 43.4 Å². The number of carbonyl (C=O) groups excluding carboxylic acids is 2. The third kappa shape index (κ3) is 9.52. The van der Waals surface area contributed by atoms with Crippen molar-refractivity contribution < 1.29 is 24.0 Å². The van der Waals surface area contributed by atoms with Crippen molar-refractivity contribution in [1.82, 2.24) is 45.5 Å². The Labute approximate surface area is 460 Å². The van der Waals surface area contributed by atoms with E-state index in [-0.39, 0.29) is 41.5 Å². The molecule has 406 valence electrons. The molecule has 16 nitrogen and oxygen atoms in total. The first-order valence-corrected chi connectivity index (χ1v) is 29.5. The van der Waals surface area contributed by atoms with E-state index in [4.69, 9.17) is 24.2 Å². The van der Waals surface area contributed by atoms with E-state index >= 15 is 0 Å². The molecule has 3 unspecified atom stereocenters. The molecule has 2 amide bonds. The first-order valence-electron chi connectivity index (χ1n) is 28.6. The average Bonchev–Trinajstić information content (AvgIpc) is 4.21. The van der Waals surface area contributed by atoms with E-state index in [1.165, 1.54) is 18.4 Å². The zero-order valence-corrected chi connectivity index (χ0v) is 46.3. The van der Waals surface area contributed by atoms with Crippen LogP contribution in [0.4, 0.5) is 11.6 Å². The molecule has 2 bridgehead atoms. The van der Waals surface area contributed by atoms with E-state index in [2.05, 4.69) is 84.9 Å². The predicted molar refractivity (Wildman–Crippen MR) is 304 cm³/mol. The summed E-state index contributed by atoms with van der Waals surface area (Å²) >= 11 is 1.62. The number of nitrogens with zero attached hydrogens (tertiary/aromatic N) is 9. The first kappa shape index (κ1) is 50.8. The number of anilines is 2. The minimum Gasteiger partial charge on any atom is -0.508 e. The number of phenolic OH excluding ortho intramolecular Hbond substituents is 1. The van der Waals surface area contributed by atoms with Crippen LogP contribution in [0.15, 0.2) is 76.9 Å². The number of hydrogen-bond donors (Lipinski definition) is 3. The monoisotopic (exact) mass is 1070 g/mol. The molecule has 4 aromatic heterocycles. The molecule has 5 fully saturated rings. The number of phenols is 1. The van der Waals surface area contributed by atoms with Gasteiger partial charge >= 0.3 is 6.01 Å². The number of thiazole rings is 1. The Morgan fingerprint density at radius 1 is 0.897 bits per heavy atom. The van der Waals surface area contributed by atoms with Crippen molar-refractivity contribution in [3.63, 3.8) is 0 Å². The van der Waals surface area contributed by atoms with Crippen molar-refractivity contribution in [1.29, 1.82) is 0 Å². The third-order valence-corrected chi connectivity index (χ3v) is 19.0. The smallest absolute Gasteiger partial charge is 0.319 e. The van der Waals surface area contributed by atoms with E-state index < -0.39 is 12.0 Å². The van der Waals surface area contributed by atoms with E-state index in [0.717, 1.165) is 150 Å². The molecule has 5 saturated heterocycles. The minimum atomic E-state index is -0.544. The molecule has 7 aromatic rings. The largest absolute Gasteiger partial charge is 0.508 e. The lowest BCUT2D eigenvalue weighted by Crippen LogP contribution is -2.51. The summed E-state index contributed by atoms with van der Waals surface area (Å²) in [5.74, 6) is 2.26. The van der Waals surface area contributed by atoms with Gasteiger partial charge in [0.2, 0.25) is 11.8 Å². The summed E-state index contributed by atoms with van der Waals surface area (Å²) in [6, 6.07) is 20.8. The maximum absolute atomic E-state index is 14.4. The molecule has 0 spiro atoms. The highest BCUT2D eigenvalue weighted by molar-refractivity contribution is 7.13. The Morgan fingerprint density at radius 2 is 1.68 bits per heavy atom. The average molecular weight is 1070 g/mol. The van der Waals surface area contributed by atoms with Gasteiger partial charge in [0.25, 0.3) is 0 Å². The number of piperidine rings is 2. The molecule has 6 atom stereocenters. The van der Waals surface area contributed by atoms with Crippen LogP contribution in [0.3, 0.4) is 0 Å². The number of nitrogens with one attached hydrogen (secondary N) is 2. The number of aromatic nitrogens is 5. The summed E-state index contributed by atoms with van der Waals surface area (Å²) in [6.45, 7) is 17.3. The second kappa shape index (κ2) is 20.8. The maximum atomic E-state index is 14.4. The van der Waals surface area contributed by atoms with Gasteiger partial charge in [0.15, 0.2) is 11.6 Å². The summed E-state index contributed by atoms with van der Waals surface area (Å²) in [5.41, 5.74) is 9.95. The van der Waals surface area contributed by atoms with E-state index in [9.17, 15) is 14.7 Å². The van der Waals surface area contributed by atoms with Crippen LogP contribution in [0.2, 0.25) is 0 Å². The Balaban J connectivity index is 0.631. The normalized spacial score (nSPS) is 22.6. The van der Waals surface area contributed by atoms with Crippen LogP contribution in [-0.2, 0) is 9.59 Å². The number of fused-ring (bicyclic) bond motifs is 6. The van der Waals surface area contributed by atoms with Gasteiger partial charge < -0.3 is 44.6 Å². The quantitative estimate of drug-likeness (QED) is 0.0994. The van der Waals surface area contributed by atoms with Gasteiger partial charge in [-0.25, -0.2) is 4.98 Å². The van der Waals surface area contributed by atoms with Crippen LogP contribution in [0.5, 0.6) is 11.8 Å². The summed E-state index contributed by atoms with van der Waals surface area (Å²) < 4.78 is 12.9. The lowest BCUT2D eigenvalue weighted by molar-refractivity contribution is -0.141. The molecule has 0 saturated carbocycles. The number of rotatable bonds is 13. The fraction of sp³-hybridized carbons (Fsp3) is 0.492. The zero-order chi connectivity index (χ0) is 53.3. The van der Waals surface area contributed by atoms with Gasteiger partial charge in [-0.15, -0.1) is 11.3 Å². The standard InChI is InChI=1S/C61H71N11O5S/c1-34(2)52(60(75)72-21-7-10-49(72)59(74)64-36(4)39-11-13-40(14-12-39)57-37(5)63-33-78-57)50-28-51(68-77-50)70-24-17-38(18-25-70)30-69-22-19-45(20-23-69)76-61-66-56-48(58(67-61)71-31-42-15-16-43(32-71)65-42)29-62-55-47-27-44(73)26-41-8-6-9-46(54(41)47)35(3)53(55)56/h6,8-9,11-14,26-29,33-36,38,42-43,45,49,52,65,73H,7,10,15-25,30-32H2,1-5H3,(H,64,74)/t35?,36-,42?,43?,49-,52+/m0/s1. The van der Waals surface area contributed by atoms with Crippen LogP contribution in [-0.4, -0.2) is 128 Å². The van der Waals surface area contributed by atoms with Crippen LogP contribution >= 0.6 is 11.3 Å². The molecule has 13 rings (SSSR count). The molecule has 3 N–H and O–H groups in total. The molecular formula is C61H71N11O5S. The Kier molecular flexibility index (Phi) is 13.6. The molecule has 1 aliphatic carbocycles. The number of ether oxygens (including phenoxy) is 1. The second-order valence-electron chi connectivity index (χ2n) is 23.5. The second-order valence-corrected chi connectivity index (χ2v) is 24.3. The zero-order valence-electron chi connectivity index (χ0n) is 45.5. The van der Waals surface area contributed by atoms with Crippen molar-refractivity contribution in [3.8, 4) is 33.5 Å². The number of amides is 2. The van der Waals surface area contributed by atoms with Gasteiger partial charge in [0, 0.05) is 93.7 Å². The molecular weight excluding hydrogens is 999 g/mol. The summed E-state index contributed by atoms with van der Waals surface area (Å²) in [7, 11) is 0. The highest BCUT2D eigenvalue weighted by Crippen LogP contribution is 2.49. The van der Waals surface area contributed by atoms with Gasteiger partial charge in [-0.05, 0) is 117 Å². The molecule has 5 aliphatic heterocycles. The van der Waals surface area contributed by atoms with Crippen molar-refractivity contribution >= 4 is 56.5 Å². The summed E-state index contributed by atoms with van der Waals surface area (Å²) in [6.07, 6.45) is 9.57. The molecule has 3 aromatic carbocycles. The van der Waals surface area contributed by atoms with Crippen molar-refractivity contribution in [2.75, 3.05) is 62.2 Å². The van der Waals surface area contributed by atoms with E-state index in [1.54, 1.807) is 16.2 Å². The highest BCUT2D eigenvalue weighted by Gasteiger charge is 2.42. The van der Waals surface area contributed by atoms with Gasteiger partial charge in [-0.3, -0.25) is 14.6 Å². The van der Waals surface area contributed by atoms with Crippen LogP contribution in [0.1, 0.15) is 125 Å². The maximum Gasteiger partial charge on any atom is 0.319 e. The number of carbonyl (C=O) groups is 2. The SMILES string of the molecule is Cc1ncsc1-c1ccc([C@H](C)NC(=O)[C@@H]2CCCN2C(=O)[C@@H](c2cc(N3CCC(CN4CCC(Oc5nc(N6CC7CCC(C6)N7)c6cnc7c(c6n5)C(C)c5cccc6cc(O)cc-7c56)CC4)CC3)no2)C(C)C)cc1. The predicted octanol–water partition coefficient (Wildman–Crippen LogP) is 9.74. The molecule has 9 heterocycles. The van der Waals surface area contributed by atoms with Gasteiger partial charge in [-0.2, -0.15) is 9.97 Å². The molecule has 0 radical (unpaired) electrons. The van der Waals surface area contributed by atoms with Crippen molar-refractivity contribution in [2.24, 2.45) is 11.8 Å². The fourth-order valence-corrected chi connectivity index (χ4v) is 14.7. The van der Waals surface area contributed by atoms with Gasteiger partial charge in [0.05, 0.1) is 38.7 Å². The Morgan fingerprint density at radius 3 is 2.42 bits per heavy atom. The number of piperazine rings is 1. The molecule has 6 aliphatic rings. The van der Waals surface area contributed by atoms with Crippen LogP contribution < -0.4 is 25.2 Å². The topological polar surface area (TPSA) is 178 Å². The van der Waals surface area contributed by atoms with Gasteiger partial charge in [-0.1, -0.05) is 68.4 Å². The summed E-state index contributed by atoms with van der Waals surface area (Å²) in [4.78, 5) is 58.6. The number of pyridine rings is 1.